The van der Waals surface area contributed by atoms with E-state index < -0.39 is 17.2 Å². The summed E-state index contributed by atoms with van der Waals surface area (Å²) in [6.45, 7) is 3.68. The lowest BCUT2D eigenvalue weighted by atomic mass is 9.79. The average molecular weight is 346 g/mol. The van der Waals surface area contributed by atoms with Gasteiger partial charge in [-0.1, -0.05) is 30.3 Å². The lowest BCUT2D eigenvalue weighted by Crippen LogP contribution is -2.70. The normalized spacial score (nSPS) is 29.4. The Hall–Kier alpha value is -2.28. The Morgan fingerprint density at radius 2 is 2.04 bits per heavy atom. The highest BCUT2D eigenvalue weighted by Gasteiger charge is 2.53. The number of benzene rings is 1. The smallest absolute Gasteiger partial charge is 0.410 e. The number of amides is 2. The van der Waals surface area contributed by atoms with Gasteiger partial charge in [0.05, 0.1) is 25.8 Å². The first-order valence-corrected chi connectivity index (χ1v) is 8.54. The molecule has 2 amide bonds. The van der Waals surface area contributed by atoms with E-state index >= 15 is 0 Å². The minimum atomic E-state index is -0.476. The van der Waals surface area contributed by atoms with Crippen molar-refractivity contribution in [3.05, 3.63) is 35.9 Å². The van der Waals surface area contributed by atoms with Gasteiger partial charge >= 0.3 is 12.2 Å². The van der Waals surface area contributed by atoms with Crippen LogP contribution in [0.2, 0.25) is 0 Å². The van der Waals surface area contributed by atoms with E-state index in [-0.39, 0.29) is 12.2 Å². The summed E-state index contributed by atoms with van der Waals surface area (Å²) in [6, 6.07) is 10.0. The van der Waals surface area contributed by atoms with Gasteiger partial charge in [-0.25, -0.2) is 9.59 Å². The maximum Gasteiger partial charge on any atom is 0.410 e. The lowest BCUT2D eigenvalue weighted by Gasteiger charge is -2.49. The van der Waals surface area contributed by atoms with Gasteiger partial charge in [-0.15, -0.1) is 0 Å². The van der Waals surface area contributed by atoms with Crippen LogP contribution in [0.4, 0.5) is 9.59 Å². The number of ether oxygens (including phenoxy) is 3. The molecule has 7 nitrogen and oxygen atoms in total. The highest BCUT2D eigenvalue weighted by molar-refractivity contribution is 5.74. The third-order valence-electron chi connectivity index (χ3n) is 5.07. The van der Waals surface area contributed by atoms with Crippen molar-refractivity contribution in [3.63, 3.8) is 0 Å². The summed E-state index contributed by atoms with van der Waals surface area (Å²) in [6.07, 6.45) is 0.755. The molecule has 1 aromatic carbocycles. The van der Waals surface area contributed by atoms with E-state index in [1.165, 1.54) is 0 Å². The van der Waals surface area contributed by atoms with E-state index in [1.807, 2.05) is 37.3 Å². The number of hydrogen-bond acceptors (Lipinski definition) is 5. The van der Waals surface area contributed by atoms with Crippen molar-refractivity contribution in [2.45, 2.75) is 43.6 Å². The Labute approximate surface area is 146 Å². The number of nitrogens with one attached hydrogen (secondary N) is 1. The monoisotopic (exact) mass is 346 g/mol. The molecule has 1 aromatic rings. The van der Waals surface area contributed by atoms with E-state index in [2.05, 4.69) is 5.32 Å². The summed E-state index contributed by atoms with van der Waals surface area (Å²) < 4.78 is 16.4. The lowest BCUT2D eigenvalue weighted by molar-refractivity contribution is -0.145. The second-order valence-electron chi connectivity index (χ2n) is 7.48. The van der Waals surface area contributed by atoms with Crippen molar-refractivity contribution >= 4 is 12.2 Å². The van der Waals surface area contributed by atoms with E-state index in [0.29, 0.717) is 39.1 Å². The molecule has 3 aliphatic rings. The van der Waals surface area contributed by atoms with Gasteiger partial charge in [0.2, 0.25) is 0 Å². The van der Waals surface area contributed by atoms with Crippen molar-refractivity contribution in [1.29, 1.82) is 0 Å². The number of cyclic esters (lactones) is 1. The van der Waals surface area contributed by atoms with Crippen LogP contribution >= 0.6 is 0 Å². The molecular weight excluding hydrogens is 324 g/mol. The fraction of sp³-hybridized carbons (Fsp3) is 0.556. The number of hydrogen-bond donors (Lipinski definition) is 1. The van der Waals surface area contributed by atoms with Crippen molar-refractivity contribution in [1.82, 2.24) is 10.2 Å². The molecule has 0 atom stereocenters. The van der Waals surface area contributed by atoms with Gasteiger partial charge in [0.1, 0.15) is 17.7 Å². The molecule has 2 aliphatic heterocycles. The van der Waals surface area contributed by atoms with Crippen LogP contribution in [0, 0.1) is 0 Å². The van der Waals surface area contributed by atoms with Crippen LogP contribution in [-0.4, -0.2) is 54.0 Å². The number of carbonyl (C=O) groups is 2. The summed E-state index contributed by atoms with van der Waals surface area (Å²) in [4.78, 5) is 25.0. The molecule has 4 rings (SSSR count). The zero-order chi connectivity index (χ0) is 17.5. The Morgan fingerprint density at radius 3 is 2.68 bits per heavy atom. The van der Waals surface area contributed by atoms with Gasteiger partial charge < -0.3 is 24.4 Å². The van der Waals surface area contributed by atoms with Crippen LogP contribution in [0.3, 0.4) is 0 Å². The van der Waals surface area contributed by atoms with Gasteiger partial charge in [-0.2, -0.15) is 0 Å². The molecule has 1 N–H and O–H groups in total. The number of carbonyl (C=O) groups excluding carboxylic acids is 2. The van der Waals surface area contributed by atoms with Gasteiger partial charge in [0.15, 0.2) is 0 Å². The number of alkyl carbamates (subject to hydrolysis) is 1. The number of likely N-dealkylation sites (tertiary alicyclic amines) is 1. The Balaban J connectivity index is 1.19. The largest absolute Gasteiger partial charge is 0.447 e. The first-order chi connectivity index (χ1) is 12.0. The maximum absolute atomic E-state index is 12.3. The number of rotatable bonds is 4. The predicted octanol–water partition coefficient (Wildman–Crippen LogP) is 2.06. The second kappa shape index (κ2) is 5.91. The Kier molecular flexibility index (Phi) is 3.83. The molecule has 0 radical (unpaired) electrons. The average Bonchev–Trinajstić information content (AvgIpc) is 2.92. The molecule has 1 saturated carbocycles. The van der Waals surface area contributed by atoms with Crippen LogP contribution in [0.25, 0.3) is 0 Å². The molecule has 0 aromatic heterocycles. The third kappa shape index (κ3) is 3.28. The highest BCUT2D eigenvalue weighted by Crippen LogP contribution is 2.39. The van der Waals surface area contributed by atoms with Crippen molar-refractivity contribution in [2.75, 3.05) is 19.7 Å². The fourth-order valence-corrected chi connectivity index (χ4v) is 3.64. The molecule has 2 heterocycles. The molecule has 25 heavy (non-hydrogen) atoms. The van der Waals surface area contributed by atoms with Crippen molar-refractivity contribution in [2.24, 2.45) is 0 Å². The van der Waals surface area contributed by atoms with E-state index in [4.69, 9.17) is 14.2 Å². The van der Waals surface area contributed by atoms with E-state index in [0.717, 1.165) is 5.56 Å². The van der Waals surface area contributed by atoms with Crippen LogP contribution in [-0.2, 0) is 20.8 Å². The molecule has 134 valence electrons. The molecule has 1 spiro atoms. The molecule has 0 unspecified atom stereocenters. The zero-order valence-corrected chi connectivity index (χ0v) is 14.2. The van der Waals surface area contributed by atoms with Crippen molar-refractivity contribution < 1.29 is 23.8 Å². The fourth-order valence-electron chi connectivity index (χ4n) is 3.64. The summed E-state index contributed by atoms with van der Waals surface area (Å²) in [7, 11) is 0. The van der Waals surface area contributed by atoms with Gasteiger partial charge in [0, 0.05) is 12.8 Å². The summed E-state index contributed by atoms with van der Waals surface area (Å²) in [5, 5.41) is 2.75. The van der Waals surface area contributed by atoms with Crippen LogP contribution in [0.5, 0.6) is 0 Å². The topological polar surface area (TPSA) is 77.1 Å². The summed E-state index contributed by atoms with van der Waals surface area (Å²) in [5.74, 6) is 0. The van der Waals surface area contributed by atoms with Gasteiger partial charge in [-0.05, 0) is 12.5 Å². The van der Waals surface area contributed by atoms with Gasteiger partial charge in [0.25, 0.3) is 0 Å². The maximum atomic E-state index is 12.3. The SMILES string of the molecule is CC1(OC(=O)N2CC3(COC(=O)N3)C2)CC(OCc2ccccc2)C1. The molecular formula is C18H22N2O5. The first kappa shape index (κ1) is 16.2. The zero-order valence-electron chi connectivity index (χ0n) is 14.2. The summed E-state index contributed by atoms with van der Waals surface area (Å²) >= 11 is 0. The van der Waals surface area contributed by atoms with Crippen LogP contribution in [0.15, 0.2) is 30.3 Å². The standard InChI is InChI=1S/C18H22N2O5/c1-17(7-14(8-17)23-9-13-5-3-2-4-6-13)25-16(22)20-10-18(11-20)12-24-15(21)19-18/h2-6,14H,7-12H2,1H3,(H,19,21). The highest BCUT2D eigenvalue weighted by atomic mass is 16.6. The van der Waals surface area contributed by atoms with E-state index in [9.17, 15) is 9.59 Å². The minimum Gasteiger partial charge on any atom is -0.447 e. The molecule has 0 bridgehead atoms. The molecule has 7 heteroatoms. The van der Waals surface area contributed by atoms with Crippen molar-refractivity contribution in [3.8, 4) is 0 Å². The summed E-state index contributed by atoms with van der Waals surface area (Å²) in [5.41, 5.74) is 0.244. The first-order valence-electron chi connectivity index (χ1n) is 8.54. The Bertz CT molecular complexity index is 665. The third-order valence-corrected chi connectivity index (χ3v) is 5.07. The quantitative estimate of drug-likeness (QED) is 0.903. The van der Waals surface area contributed by atoms with E-state index in [1.54, 1.807) is 4.90 Å². The molecule has 3 fully saturated rings. The van der Waals surface area contributed by atoms with Gasteiger partial charge in [-0.3, -0.25) is 0 Å². The van der Waals surface area contributed by atoms with Crippen LogP contribution < -0.4 is 5.32 Å². The molecule has 1 aliphatic carbocycles. The predicted molar refractivity (Wildman–Crippen MR) is 87.9 cm³/mol. The molecule has 2 saturated heterocycles. The van der Waals surface area contributed by atoms with Crippen LogP contribution in [0.1, 0.15) is 25.3 Å². The minimum absolute atomic E-state index is 0.114. The Morgan fingerprint density at radius 1 is 1.32 bits per heavy atom. The number of nitrogens with zero attached hydrogens (tertiary/aromatic N) is 1. The second-order valence-corrected chi connectivity index (χ2v) is 7.48.